The van der Waals surface area contributed by atoms with Gasteiger partial charge in [-0.05, 0) is 12.1 Å². The lowest BCUT2D eigenvalue weighted by atomic mass is 10.3. The molecule has 0 radical (unpaired) electrons. The average molecular weight is 180 g/mol. The molecule has 0 saturated carbocycles. The largest absolute Gasteiger partial charge is 0.477 e. The monoisotopic (exact) mass is 180 g/mol. The van der Waals surface area contributed by atoms with E-state index in [4.69, 9.17) is 22.6 Å². The number of aromatic nitrogens is 1. The van der Waals surface area contributed by atoms with Crippen LogP contribution in [0.4, 0.5) is 0 Å². The summed E-state index contributed by atoms with van der Waals surface area (Å²) in [5.74, 6) is -1.13. The topological polar surface area (TPSA) is 76.9 Å². The van der Waals surface area contributed by atoms with Gasteiger partial charge in [0.2, 0.25) is 0 Å². The van der Waals surface area contributed by atoms with Gasteiger partial charge < -0.3 is 10.1 Å². The van der Waals surface area contributed by atoms with Crippen LogP contribution in [-0.4, -0.2) is 16.1 Å². The van der Waals surface area contributed by atoms with E-state index in [9.17, 15) is 4.79 Å². The number of nitrogens with zero attached hydrogens (tertiary/aromatic N) is 1. The Balaban J connectivity index is 3.36. The summed E-state index contributed by atoms with van der Waals surface area (Å²) in [6.07, 6.45) is 0. The maximum Gasteiger partial charge on any atom is 0.352 e. The second-order valence-electron chi connectivity index (χ2n) is 2.06. The third-order valence-corrected chi connectivity index (χ3v) is 1.43. The Bertz CT molecular complexity index is 416. The Morgan fingerprint density at radius 1 is 1.67 bits per heavy atom. The van der Waals surface area contributed by atoms with Gasteiger partial charge in [-0.1, -0.05) is 12.2 Å². The predicted octanol–water partition coefficient (Wildman–Crippen LogP) is 1.31. The van der Waals surface area contributed by atoms with Crippen LogP contribution in [0, 0.1) is 15.8 Å². The van der Waals surface area contributed by atoms with E-state index in [1.165, 1.54) is 12.1 Å². The molecule has 1 aromatic heterocycles. The highest BCUT2D eigenvalue weighted by atomic mass is 32.1. The summed E-state index contributed by atoms with van der Waals surface area (Å²) in [6.45, 7) is 0. The first-order valence-electron chi connectivity index (χ1n) is 3.01. The van der Waals surface area contributed by atoms with E-state index < -0.39 is 5.97 Å². The van der Waals surface area contributed by atoms with E-state index in [-0.39, 0.29) is 11.4 Å². The van der Waals surface area contributed by atoms with Gasteiger partial charge in [0.15, 0.2) is 0 Å². The minimum atomic E-state index is -1.13. The number of hydrogen-bond acceptors (Lipinski definition) is 3. The van der Waals surface area contributed by atoms with Crippen molar-refractivity contribution in [3.63, 3.8) is 0 Å². The zero-order valence-corrected chi connectivity index (χ0v) is 6.68. The highest BCUT2D eigenvalue weighted by Crippen LogP contribution is 2.00. The molecule has 1 heterocycles. The standard InChI is InChI=1S/C7H4N2O2S/c8-3-4-1-5(12)2-6(9-4)7(10)11/h1-2H,(H,9,12)(H,10,11). The average Bonchev–Trinajstić information content (AvgIpc) is 2.03. The molecule has 0 amide bonds. The number of H-pyrrole nitrogens is 1. The van der Waals surface area contributed by atoms with Gasteiger partial charge >= 0.3 is 5.97 Å². The fourth-order valence-electron chi connectivity index (χ4n) is 0.719. The molecule has 5 heteroatoms. The molecule has 0 atom stereocenters. The van der Waals surface area contributed by atoms with Gasteiger partial charge in [-0.25, -0.2) is 4.79 Å². The molecule has 0 aromatic carbocycles. The lowest BCUT2D eigenvalue weighted by Gasteiger charge is -1.94. The van der Waals surface area contributed by atoms with E-state index in [2.05, 4.69) is 4.98 Å². The van der Waals surface area contributed by atoms with Crippen molar-refractivity contribution in [2.75, 3.05) is 0 Å². The maximum atomic E-state index is 10.4. The van der Waals surface area contributed by atoms with Crippen molar-refractivity contribution in [1.29, 1.82) is 5.26 Å². The summed E-state index contributed by atoms with van der Waals surface area (Å²) in [6, 6.07) is 4.47. The Hall–Kier alpha value is -1.67. The molecule has 0 saturated heterocycles. The quantitative estimate of drug-likeness (QED) is 0.639. The first kappa shape index (κ1) is 8.43. The van der Waals surface area contributed by atoms with Crippen LogP contribution < -0.4 is 0 Å². The Morgan fingerprint density at radius 2 is 2.33 bits per heavy atom. The van der Waals surface area contributed by atoms with Crippen LogP contribution >= 0.6 is 12.2 Å². The van der Waals surface area contributed by atoms with Crippen molar-refractivity contribution in [3.05, 3.63) is 28.0 Å². The van der Waals surface area contributed by atoms with Gasteiger partial charge in [0.25, 0.3) is 0 Å². The molecule has 0 fully saturated rings. The summed E-state index contributed by atoms with van der Waals surface area (Å²) in [5, 5.41) is 17.0. The third kappa shape index (κ3) is 1.68. The van der Waals surface area contributed by atoms with Crippen LogP contribution in [0.3, 0.4) is 0 Å². The van der Waals surface area contributed by atoms with Gasteiger partial charge in [0.1, 0.15) is 17.5 Å². The molecule has 0 unspecified atom stereocenters. The minimum absolute atomic E-state index is 0.0703. The molecule has 0 bridgehead atoms. The van der Waals surface area contributed by atoms with Gasteiger partial charge in [-0.2, -0.15) is 5.26 Å². The molecule has 1 rings (SSSR count). The number of hydrogen-bond donors (Lipinski definition) is 2. The first-order chi connectivity index (χ1) is 5.63. The number of nitrogens with one attached hydrogen (secondary N) is 1. The lowest BCUT2D eigenvalue weighted by molar-refractivity contribution is 0.0690. The molecular formula is C7H4N2O2S. The molecule has 60 valence electrons. The fourth-order valence-corrected chi connectivity index (χ4v) is 0.955. The van der Waals surface area contributed by atoms with E-state index in [1.807, 2.05) is 0 Å². The van der Waals surface area contributed by atoms with E-state index in [1.54, 1.807) is 6.07 Å². The molecule has 0 aliphatic heterocycles. The molecule has 1 aromatic rings. The van der Waals surface area contributed by atoms with Crippen LogP contribution in [0.1, 0.15) is 16.2 Å². The SMILES string of the molecule is N#Cc1cc(=S)cc(C(=O)O)[nH]1. The minimum Gasteiger partial charge on any atom is -0.477 e. The Kier molecular flexibility index (Phi) is 2.21. The number of aromatic amines is 1. The number of carboxylic acid groups (broad SMARTS) is 1. The highest BCUT2D eigenvalue weighted by molar-refractivity contribution is 7.71. The van der Waals surface area contributed by atoms with E-state index in [0.717, 1.165) is 0 Å². The summed E-state index contributed by atoms with van der Waals surface area (Å²) in [5.41, 5.74) is 0.0824. The molecule has 0 aliphatic carbocycles. The van der Waals surface area contributed by atoms with Gasteiger partial charge in [-0.3, -0.25) is 0 Å². The number of pyridine rings is 1. The second kappa shape index (κ2) is 3.15. The number of carbonyl (C=O) groups is 1. The maximum absolute atomic E-state index is 10.4. The number of nitriles is 1. The van der Waals surface area contributed by atoms with E-state index in [0.29, 0.717) is 4.51 Å². The molecule has 12 heavy (non-hydrogen) atoms. The summed E-state index contributed by atoms with van der Waals surface area (Å²) in [7, 11) is 0. The Labute approximate surface area is 73.1 Å². The van der Waals surface area contributed by atoms with Crippen molar-refractivity contribution in [2.24, 2.45) is 0 Å². The first-order valence-corrected chi connectivity index (χ1v) is 3.42. The van der Waals surface area contributed by atoms with Crippen LogP contribution in [0.5, 0.6) is 0 Å². The summed E-state index contributed by atoms with van der Waals surface area (Å²) >= 11 is 4.74. The van der Waals surface area contributed by atoms with Crippen molar-refractivity contribution in [1.82, 2.24) is 4.98 Å². The Morgan fingerprint density at radius 3 is 2.83 bits per heavy atom. The van der Waals surface area contributed by atoms with Gasteiger partial charge in [0, 0.05) is 4.51 Å². The van der Waals surface area contributed by atoms with E-state index >= 15 is 0 Å². The molecule has 0 spiro atoms. The molecule has 0 aliphatic rings. The van der Waals surface area contributed by atoms with Crippen LogP contribution in [-0.2, 0) is 0 Å². The highest BCUT2D eigenvalue weighted by Gasteiger charge is 2.03. The smallest absolute Gasteiger partial charge is 0.352 e. The zero-order valence-electron chi connectivity index (χ0n) is 5.87. The summed E-state index contributed by atoms with van der Waals surface area (Å²) < 4.78 is 0.336. The number of aromatic carboxylic acids is 1. The van der Waals surface area contributed by atoms with Crippen molar-refractivity contribution in [2.45, 2.75) is 0 Å². The lowest BCUT2D eigenvalue weighted by Crippen LogP contribution is -2.01. The molecule has 4 nitrogen and oxygen atoms in total. The second-order valence-corrected chi connectivity index (χ2v) is 2.53. The van der Waals surface area contributed by atoms with Crippen LogP contribution in [0.25, 0.3) is 0 Å². The van der Waals surface area contributed by atoms with Gasteiger partial charge in [0.05, 0.1) is 0 Å². The number of carboxylic acids is 1. The number of rotatable bonds is 1. The van der Waals surface area contributed by atoms with Crippen molar-refractivity contribution < 1.29 is 9.90 Å². The predicted molar refractivity (Wildman–Crippen MR) is 43.3 cm³/mol. The fraction of sp³-hybridized carbons (Fsp3) is 0. The third-order valence-electron chi connectivity index (χ3n) is 1.19. The van der Waals surface area contributed by atoms with Crippen molar-refractivity contribution >= 4 is 18.2 Å². The molecular weight excluding hydrogens is 176 g/mol. The van der Waals surface area contributed by atoms with Crippen molar-refractivity contribution in [3.8, 4) is 6.07 Å². The van der Waals surface area contributed by atoms with Crippen LogP contribution in [0.2, 0.25) is 0 Å². The summed E-state index contributed by atoms with van der Waals surface area (Å²) in [4.78, 5) is 12.8. The molecule has 2 N–H and O–H groups in total. The zero-order chi connectivity index (χ0) is 9.14. The normalized spacial score (nSPS) is 8.92. The van der Waals surface area contributed by atoms with Gasteiger partial charge in [-0.15, -0.1) is 0 Å². The van der Waals surface area contributed by atoms with Crippen LogP contribution in [0.15, 0.2) is 12.1 Å².